The van der Waals surface area contributed by atoms with Crippen LogP contribution in [0.1, 0.15) is 12.8 Å². The highest BCUT2D eigenvalue weighted by molar-refractivity contribution is 7.91. The van der Waals surface area contributed by atoms with Crippen LogP contribution in [0.2, 0.25) is 0 Å². The molecule has 1 saturated heterocycles. The standard InChI is InChI=1S/C6H15NO8P2S/c8-16(9)14-6(15-17(10)11)7-5-1-3-18(12,13)4-2-5/h5-7,16-17H,1-4H2,(H,8,9)(H,10,11). The molecular formula is C6H15NO8P2S. The largest absolute Gasteiger partial charge is 0.326 e. The summed E-state index contributed by atoms with van der Waals surface area (Å²) in [5.41, 5.74) is 0. The Hall–Kier alpha value is 0.210. The summed E-state index contributed by atoms with van der Waals surface area (Å²) in [4.78, 5) is 17.2. The van der Waals surface area contributed by atoms with E-state index in [9.17, 15) is 17.5 Å². The van der Waals surface area contributed by atoms with Crippen LogP contribution in [-0.2, 0) is 28.0 Å². The molecule has 3 N–H and O–H groups in total. The van der Waals surface area contributed by atoms with Crippen LogP contribution in [0.3, 0.4) is 0 Å². The minimum Gasteiger partial charge on any atom is -0.326 e. The Morgan fingerprint density at radius 1 is 1.11 bits per heavy atom. The van der Waals surface area contributed by atoms with E-state index in [-0.39, 0.29) is 30.4 Å². The number of sulfone groups is 1. The van der Waals surface area contributed by atoms with Gasteiger partial charge in [-0.1, -0.05) is 0 Å². The van der Waals surface area contributed by atoms with Crippen molar-refractivity contribution >= 4 is 26.3 Å². The quantitative estimate of drug-likeness (QED) is 0.425. The van der Waals surface area contributed by atoms with Gasteiger partial charge in [-0.2, -0.15) is 0 Å². The second-order valence-corrected chi connectivity index (χ2v) is 7.53. The van der Waals surface area contributed by atoms with Crippen molar-refractivity contribution in [2.24, 2.45) is 0 Å². The zero-order chi connectivity index (χ0) is 13.8. The van der Waals surface area contributed by atoms with Gasteiger partial charge in [0.15, 0.2) is 0 Å². The monoisotopic (exact) mass is 323 g/mol. The lowest BCUT2D eigenvalue weighted by Crippen LogP contribution is -2.44. The summed E-state index contributed by atoms with van der Waals surface area (Å²) in [6, 6.07) is -0.318. The first-order valence-electron chi connectivity index (χ1n) is 5.04. The van der Waals surface area contributed by atoms with Crippen molar-refractivity contribution in [3.63, 3.8) is 0 Å². The topological polar surface area (TPSA) is 139 Å². The molecule has 9 nitrogen and oxygen atoms in total. The van der Waals surface area contributed by atoms with Crippen LogP contribution >= 0.6 is 16.5 Å². The van der Waals surface area contributed by atoms with Gasteiger partial charge in [0.05, 0.1) is 11.5 Å². The molecule has 0 saturated carbocycles. The fraction of sp³-hybridized carbons (Fsp3) is 1.00. The Bertz CT molecular complexity index is 395. The van der Waals surface area contributed by atoms with Gasteiger partial charge in [-0.25, -0.2) is 8.42 Å². The lowest BCUT2D eigenvalue weighted by Gasteiger charge is -2.26. The SMILES string of the molecule is O=[PH](O)OC(NC1CCS(=O)(=O)CC1)O[PH](=O)O. The zero-order valence-corrected chi connectivity index (χ0v) is 12.1. The summed E-state index contributed by atoms with van der Waals surface area (Å²) >= 11 is 0. The highest BCUT2D eigenvalue weighted by Gasteiger charge is 2.26. The molecule has 0 amide bonds. The third kappa shape index (κ3) is 6.40. The maximum absolute atomic E-state index is 11.2. The van der Waals surface area contributed by atoms with E-state index < -0.39 is 32.8 Å². The Morgan fingerprint density at radius 2 is 1.56 bits per heavy atom. The van der Waals surface area contributed by atoms with Crippen molar-refractivity contribution in [2.75, 3.05) is 11.5 Å². The van der Waals surface area contributed by atoms with Crippen molar-refractivity contribution in [1.29, 1.82) is 0 Å². The Labute approximate surface area is 105 Å². The van der Waals surface area contributed by atoms with Crippen LogP contribution < -0.4 is 5.32 Å². The van der Waals surface area contributed by atoms with Gasteiger partial charge in [0.2, 0.25) is 6.41 Å². The first-order chi connectivity index (χ1) is 8.28. The molecule has 1 aliphatic rings. The minimum atomic E-state index is -3.34. The summed E-state index contributed by atoms with van der Waals surface area (Å²) in [6.45, 7) is 0. The average molecular weight is 323 g/mol. The molecule has 1 fully saturated rings. The maximum Gasteiger partial charge on any atom is 0.319 e. The van der Waals surface area contributed by atoms with Gasteiger partial charge in [0.25, 0.3) is 0 Å². The van der Waals surface area contributed by atoms with Crippen molar-refractivity contribution in [3.8, 4) is 0 Å². The molecule has 108 valence electrons. The van der Waals surface area contributed by atoms with E-state index in [0.29, 0.717) is 0 Å². The Kier molecular flexibility index (Phi) is 6.43. The molecule has 18 heavy (non-hydrogen) atoms. The molecule has 12 heteroatoms. The fourth-order valence-electron chi connectivity index (χ4n) is 1.52. The van der Waals surface area contributed by atoms with Gasteiger partial charge in [-0.05, 0) is 12.8 Å². The van der Waals surface area contributed by atoms with Crippen LogP contribution in [0.5, 0.6) is 0 Å². The number of nitrogens with one attached hydrogen (secondary N) is 1. The number of rotatable bonds is 6. The Balaban J connectivity index is 2.50. The molecule has 0 aromatic heterocycles. The molecular weight excluding hydrogens is 308 g/mol. The van der Waals surface area contributed by atoms with Crippen molar-refractivity contribution in [1.82, 2.24) is 5.32 Å². The third-order valence-corrected chi connectivity index (χ3v) is 4.89. The van der Waals surface area contributed by atoms with E-state index in [2.05, 4.69) is 14.4 Å². The average Bonchev–Trinajstić information content (AvgIpc) is 2.19. The molecule has 0 aromatic carbocycles. The van der Waals surface area contributed by atoms with Crippen LogP contribution in [-0.4, -0.2) is 42.2 Å². The normalized spacial score (nSPS) is 25.4. The fourth-order valence-corrected chi connectivity index (χ4v) is 3.71. The van der Waals surface area contributed by atoms with E-state index in [4.69, 9.17) is 9.79 Å². The second-order valence-electron chi connectivity index (χ2n) is 3.69. The van der Waals surface area contributed by atoms with Crippen molar-refractivity contribution in [2.45, 2.75) is 25.3 Å². The molecule has 1 heterocycles. The highest BCUT2D eigenvalue weighted by atomic mass is 32.2. The van der Waals surface area contributed by atoms with Crippen LogP contribution in [0.15, 0.2) is 0 Å². The van der Waals surface area contributed by atoms with Gasteiger partial charge in [0, 0.05) is 6.04 Å². The molecule has 0 aromatic rings. The Morgan fingerprint density at radius 3 is 1.94 bits per heavy atom. The van der Waals surface area contributed by atoms with Crippen molar-refractivity contribution < 1.29 is 36.4 Å². The summed E-state index contributed by atoms with van der Waals surface area (Å²) in [5, 5.41) is 2.58. The molecule has 1 aliphatic heterocycles. The summed E-state index contributed by atoms with van der Waals surface area (Å²) < 4.78 is 52.2. The summed E-state index contributed by atoms with van der Waals surface area (Å²) in [7, 11) is -9.71. The highest BCUT2D eigenvalue weighted by Crippen LogP contribution is 2.26. The number of hydrogen-bond donors (Lipinski definition) is 3. The van der Waals surface area contributed by atoms with Gasteiger partial charge in [-0.3, -0.25) is 23.5 Å². The van der Waals surface area contributed by atoms with Gasteiger partial charge in [-0.15, -0.1) is 0 Å². The third-order valence-electron chi connectivity index (χ3n) is 2.34. The minimum absolute atomic E-state index is 0.0139. The lowest BCUT2D eigenvalue weighted by molar-refractivity contribution is -0.0334. The predicted molar refractivity (Wildman–Crippen MR) is 63.2 cm³/mol. The smallest absolute Gasteiger partial charge is 0.319 e. The first kappa shape index (κ1) is 16.3. The molecule has 0 aliphatic carbocycles. The number of hydrogen-bond acceptors (Lipinski definition) is 7. The molecule has 1 rings (SSSR count). The molecule has 0 radical (unpaired) electrons. The zero-order valence-electron chi connectivity index (χ0n) is 9.24. The molecule has 2 atom stereocenters. The second kappa shape index (κ2) is 7.12. The molecule has 2 unspecified atom stereocenters. The predicted octanol–water partition coefficient (Wildman–Crippen LogP) is -0.766. The van der Waals surface area contributed by atoms with E-state index in [1.807, 2.05) is 0 Å². The van der Waals surface area contributed by atoms with E-state index in [0.717, 1.165) is 0 Å². The van der Waals surface area contributed by atoms with E-state index in [1.54, 1.807) is 0 Å². The van der Waals surface area contributed by atoms with Gasteiger partial charge >= 0.3 is 16.5 Å². The summed E-state index contributed by atoms with van der Waals surface area (Å²) in [6.07, 6.45) is -0.933. The van der Waals surface area contributed by atoms with E-state index in [1.165, 1.54) is 0 Å². The molecule has 0 spiro atoms. The maximum atomic E-state index is 11.2. The molecule has 0 bridgehead atoms. The van der Waals surface area contributed by atoms with Crippen molar-refractivity contribution in [3.05, 3.63) is 0 Å². The first-order valence-corrected chi connectivity index (χ1v) is 9.39. The van der Waals surface area contributed by atoms with E-state index >= 15 is 0 Å². The summed E-state index contributed by atoms with van der Waals surface area (Å²) in [5.74, 6) is -0.0278. The van der Waals surface area contributed by atoms with Crippen LogP contribution in [0.25, 0.3) is 0 Å². The lowest BCUT2D eigenvalue weighted by atomic mass is 10.2. The van der Waals surface area contributed by atoms with Gasteiger partial charge < -0.3 is 9.79 Å². The van der Waals surface area contributed by atoms with Gasteiger partial charge in [0.1, 0.15) is 9.84 Å². The van der Waals surface area contributed by atoms with Crippen LogP contribution in [0, 0.1) is 0 Å². The van der Waals surface area contributed by atoms with Crippen LogP contribution in [0.4, 0.5) is 0 Å².